The molecule has 1 aromatic carbocycles. The summed E-state index contributed by atoms with van der Waals surface area (Å²) in [4.78, 5) is 4.60. The van der Waals surface area contributed by atoms with Crippen molar-refractivity contribution in [1.29, 1.82) is 0 Å². The molecule has 0 bridgehead atoms. The molecule has 158 valence electrons. The molecule has 0 radical (unpaired) electrons. The molecular formula is C20H30N6O2S. The van der Waals surface area contributed by atoms with E-state index in [1.165, 1.54) is 4.31 Å². The molecule has 0 unspecified atom stereocenters. The normalized spacial score (nSPS) is 14.2. The monoisotopic (exact) mass is 418 g/mol. The predicted octanol–water partition coefficient (Wildman–Crippen LogP) is 1.48. The van der Waals surface area contributed by atoms with Crippen molar-refractivity contribution in [1.82, 2.24) is 20.4 Å². The van der Waals surface area contributed by atoms with Crippen LogP contribution in [0.25, 0.3) is 0 Å². The van der Waals surface area contributed by atoms with Gasteiger partial charge in [-0.25, -0.2) is 13.4 Å². The lowest BCUT2D eigenvalue weighted by atomic mass is 10.2. The molecule has 2 aromatic rings. The Morgan fingerprint density at radius 2 is 2.00 bits per heavy atom. The van der Waals surface area contributed by atoms with E-state index >= 15 is 0 Å². The van der Waals surface area contributed by atoms with Crippen LogP contribution in [0.15, 0.2) is 29.3 Å². The number of fused-ring (bicyclic) bond motifs is 1. The third-order valence-electron chi connectivity index (χ3n) is 5.23. The highest BCUT2D eigenvalue weighted by atomic mass is 32.2. The summed E-state index contributed by atoms with van der Waals surface area (Å²) in [5, 5.41) is 10.7. The van der Waals surface area contributed by atoms with Gasteiger partial charge in [0.05, 0.1) is 23.7 Å². The third kappa shape index (κ3) is 4.72. The van der Waals surface area contributed by atoms with Gasteiger partial charge in [0.2, 0.25) is 10.0 Å². The van der Waals surface area contributed by atoms with Gasteiger partial charge in [-0.3, -0.25) is 8.99 Å². The molecule has 1 aliphatic heterocycles. The molecule has 1 aromatic heterocycles. The van der Waals surface area contributed by atoms with Gasteiger partial charge in [-0.1, -0.05) is 18.2 Å². The zero-order valence-corrected chi connectivity index (χ0v) is 18.4. The molecule has 0 fully saturated rings. The number of aryl methyl sites for hydroxylation is 2. The molecule has 0 saturated carbocycles. The molecule has 0 saturated heterocycles. The van der Waals surface area contributed by atoms with Crippen molar-refractivity contribution in [2.24, 2.45) is 12.0 Å². The Balaban J connectivity index is 1.62. The Kier molecular flexibility index (Phi) is 6.46. The quantitative estimate of drug-likeness (QED) is 0.525. The number of benzene rings is 1. The Morgan fingerprint density at radius 1 is 1.24 bits per heavy atom. The van der Waals surface area contributed by atoms with Crippen LogP contribution >= 0.6 is 0 Å². The van der Waals surface area contributed by atoms with Crippen molar-refractivity contribution in [3.05, 3.63) is 46.8 Å². The molecule has 0 amide bonds. The smallest absolute Gasteiger partial charge is 0.236 e. The van der Waals surface area contributed by atoms with Gasteiger partial charge >= 0.3 is 0 Å². The molecule has 0 aliphatic carbocycles. The second kappa shape index (κ2) is 8.86. The molecule has 2 heterocycles. The molecule has 0 spiro atoms. The van der Waals surface area contributed by atoms with Crippen molar-refractivity contribution in [3.8, 4) is 0 Å². The lowest BCUT2D eigenvalue weighted by molar-refractivity contribution is 0.591. The van der Waals surface area contributed by atoms with Crippen molar-refractivity contribution >= 4 is 21.7 Å². The summed E-state index contributed by atoms with van der Waals surface area (Å²) in [6.45, 7) is 7.96. The van der Waals surface area contributed by atoms with E-state index in [4.69, 9.17) is 0 Å². The van der Waals surface area contributed by atoms with Crippen LogP contribution in [0.4, 0.5) is 5.69 Å². The highest BCUT2D eigenvalue weighted by molar-refractivity contribution is 7.92. The first kappa shape index (κ1) is 21.2. The lowest BCUT2D eigenvalue weighted by Crippen LogP contribution is -2.42. The predicted molar refractivity (Wildman–Crippen MR) is 117 cm³/mol. The molecule has 3 rings (SSSR count). The third-order valence-corrected chi connectivity index (χ3v) is 7.00. The number of nitrogens with zero attached hydrogens (tertiary/aromatic N) is 4. The number of rotatable bonds is 7. The number of guanidine groups is 1. The standard InChI is InChI=1S/C20H30N6O2S/c1-5-21-20(23-14-18-15(2)24-25(4)16(18)3)22-11-13-29(27,28)26-12-10-17-8-6-7-9-19(17)26/h6-9H,5,10-14H2,1-4H3,(H2,21,22,23). The minimum atomic E-state index is -3.39. The number of nitrogens with one attached hydrogen (secondary N) is 2. The van der Waals surface area contributed by atoms with E-state index in [1.807, 2.05) is 56.8 Å². The summed E-state index contributed by atoms with van der Waals surface area (Å²) in [7, 11) is -1.47. The van der Waals surface area contributed by atoms with Crippen molar-refractivity contribution in [2.75, 3.05) is 29.7 Å². The molecular weight excluding hydrogens is 388 g/mol. The minimum Gasteiger partial charge on any atom is -0.357 e. The summed E-state index contributed by atoms with van der Waals surface area (Å²) in [5.74, 6) is 0.614. The van der Waals surface area contributed by atoms with E-state index in [2.05, 4.69) is 20.7 Å². The van der Waals surface area contributed by atoms with Crippen LogP contribution in [-0.2, 0) is 30.0 Å². The number of aliphatic imine (C=N–C) groups is 1. The van der Waals surface area contributed by atoms with E-state index in [9.17, 15) is 8.42 Å². The van der Waals surface area contributed by atoms with Crippen molar-refractivity contribution < 1.29 is 8.42 Å². The fourth-order valence-corrected chi connectivity index (χ4v) is 4.98. The highest BCUT2D eigenvalue weighted by Crippen LogP contribution is 2.29. The van der Waals surface area contributed by atoms with Gasteiger partial charge in [-0.2, -0.15) is 5.10 Å². The summed E-state index contributed by atoms with van der Waals surface area (Å²) in [5.41, 5.74) is 5.01. The fourth-order valence-electron chi connectivity index (χ4n) is 3.55. The van der Waals surface area contributed by atoms with E-state index in [0.717, 1.165) is 34.6 Å². The summed E-state index contributed by atoms with van der Waals surface area (Å²) in [6.07, 6.45) is 0.761. The Bertz CT molecular complexity index is 996. The minimum absolute atomic E-state index is 0.0106. The average molecular weight is 419 g/mol. The summed E-state index contributed by atoms with van der Waals surface area (Å²) < 4.78 is 29.0. The van der Waals surface area contributed by atoms with Gasteiger partial charge in [0.1, 0.15) is 0 Å². The van der Waals surface area contributed by atoms with Crippen LogP contribution < -0.4 is 14.9 Å². The zero-order chi connectivity index (χ0) is 21.0. The fraction of sp³-hybridized carbons (Fsp3) is 0.500. The largest absolute Gasteiger partial charge is 0.357 e. The van der Waals surface area contributed by atoms with Gasteiger partial charge in [0.15, 0.2) is 5.96 Å². The van der Waals surface area contributed by atoms with Crippen LogP contribution in [0.5, 0.6) is 0 Å². The average Bonchev–Trinajstić information content (AvgIpc) is 3.22. The lowest BCUT2D eigenvalue weighted by Gasteiger charge is -2.20. The van der Waals surface area contributed by atoms with Crippen molar-refractivity contribution in [2.45, 2.75) is 33.7 Å². The first-order valence-corrected chi connectivity index (χ1v) is 11.5. The number of hydrogen-bond donors (Lipinski definition) is 2. The summed E-state index contributed by atoms with van der Waals surface area (Å²) in [6, 6.07) is 7.68. The number of sulfonamides is 1. The van der Waals surface area contributed by atoms with E-state index in [0.29, 0.717) is 25.6 Å². The maximum absolute atomic E-state index is 12.8. The maximum atomic E-state index is 12.8. The van der Waals surface area contributed by atoms with Crippen molar-refractivity contribution in [3.63, 3.8) is 0 Å². The zero-order valence-electron chi connectivity index (χ0n) is 17.6. The molecule has 2 N–H and O–H groups in total. The van der Waals surface area contributed by atoms with Crippen LogP contribution in [0.1, 0.15) is 29.4 Å². The summed E-state index contributed by atoms with van der Waals surface area (Å²) >= 11 is 0. The number of anilines is 1. The topological polar surface area (TPSA) is 91.6 Å². The Morgan fingerprint density at radius 3 is 2.69 bits per heavy atom. The Hall–Kier alpha value is -2.55. The van der Waals surface area contributed by atoms with Crippen LogP contribution in [0.3, 0.4) is 0 Å². The SMILES string of the molecule is CCNC(=NCc1c(C)nn(C)c1C)NCCS(=O)(=O)N1CCc2ccccc21. The molecule has 9 heteroatoms. The second-order valence-electron chi connectivity index (χ2n) is 7.16. The van der Waals surface area contributed by atoms with Crippen LogP contribution in [0, 0.1) is 13.8 Å². The first-order chi connectivity index (χ1) is 13.8. The van der Waals surface area contributed by atoms with Gasteiger partial charge in [-0.05, 0) is 38.8 Å². The van der Waals surface area contributed by atoms with E-state index in [-0.39, 0.29) is 12.3 Å². The molecule has 1 aliphatic rings. The van der Waals surface area contributed by atoms with Crippen LogP contribution in [0.2, 0.25) is 0 Å². The number of hydrogen-bond acceptors (Lipinski definition) is 4. The first-order valence-electron chi connectivity index (χ1n) is 9.93. The number of aromatic nitrogens is 2. The number of para-hydroxylation sites is 1. The highest BCUT2D eigenvalue weighted by Gasteiger charge is 2.28. The molecule has 0 atom stereocenters. The molecule has 8 nitrogen and oxygen atoms in total. The molecule has 29 heavy (non-hydrogen) atoms. The Labute approximate surface area is 173 Å². The van der Waals surface area contributed by atoms with Gasteiger partial charge in [-0.15, -0.1) is 0 Å². The van der Waals surface area contributed by atoms with Crippen LogP contribution in [-0.4, -0.2) is 49.5 Å². The van der Waals surface area contributed by atoms with Gasteiger partial charge in [0, 0.05) is 37.9 Å². The van der Waals surface area contributed by atoms with Gasteiger partial charge < -0.3 is 10.6 Å². The van der Waals surface area contributed by atoms with E-state index < -0.39 is 10.0 Å². The van der Waals surface area contributed by atoms with Gasteiger partial charge in [0.25, 0.3) is 0 Å². The second-order valence-corrected chi connectivity index (χ2v) is 9.17. The van der Waals surface area contributed by atoms with E-state index in [1.54, 1.807) is 0 Å². The maximum Gasteiger partial charge on any atom is 0.236 e.